The van der Waals surface area contributed by atoms with Gasteiger partial charge in [-0.05, 0) is 12.1 Å². The Bertz CT molecular complexity index is 834. The van der Waals surface area contributed by atoms with Crippen molar-refractivity contribution in [3.05, 3.63) is 47.8 Å². The molecule has 22 heavy (non-hydrogen) atoms. The number of benzene rings is 1. The minimum Gasteiger partial charge on any atom is -0.289 e. The van der Waals surface area contributed by atoms with Crippen molar-refractivity contribution >= 4 is 33.6 Å². The van der Waals surface area contributed by atoms with Gasteiger partial charge in [0.25, 0.3) is 11.8 Å². The van der Waals surface area contributed by atoms with Crippen molar-refractivity contribution < 1.29 is 9.59 Å². The third kappa shape index (κ3) is 2.22. The molecule has 0 radical (unpaired) electrons. The summed E-state index contributed by atoms with van der Waals surface area (Å²) < 4.78 is 0. The molecular weight excluding hydrogens is 284 g/mol. The lowest BCUT2D eigenvalue weighted by atomic mass is 10.1. The Morgan fingerprint density at radius 1 is 0.727 bits per heavy atom. The third-order valence-corrected chi connectivity index (χ3v) is 3.25. The van der Waals surface area contributed by atoms with E-state index in [1.165, 1.54) is 0 Å². The summed E-state index contributed by atoms with van der Waals surface area (Å²) in [5, 5.41) is 1.58. The zero-order chi connectivity index (χ0) is 15.7. The van der Waals surface area contributed by atoms with Gasteiger partial charge >= 0.3 is 0 Å². The van der Waals surface area contributed by atoms with Gasteiger partial charge in [0.15, 0.2) is 0 Å². The van der Waals surface area contributed by atoms with Crippen LogP contribution in [0.1, 0.15) is 21.0 Å². The van der Waals surface area contributed by atoms with Gasteiger partial charge in [-0.1, -0.05) is 24.3 Å². The Kier molecular flexibility index (Phi) is 3.37. The highest BCUT2D eigenvalue weighted by molar-refractivity contribution is 6.06. The molecule has 1 aromatic carbocycles. The molecule has 0 saturated carbocycles. The number of hydrogen-bond donors (Lipinski definition) is 4. The van der Waals surface area contributed by atoms with Crippen molar-refractivity contribution in [2.75, 3.05) is 0 Å². The van der Waals surface area contributed by atoms with E-state index in [4.69, 9.17) is 11.7 Å². The van der Waals surface area contributed by atoms with Gasteiger partial charge in [0.1, 0.15) is 11.4 Å². The maximum Gasteiger partial charge on any atom is 0.283 e. The fraction of sp³-hybridized carbons (Fsp3) is 0. The van der Waals surface area contributed by atoms with Gasteiger partial charge in [-0.2, -0.15) is 0 Å². The Balaban J connectivity index is 2.31. The molecule has 0 fully saturated rings. The minimum absolute atomic E-state index is 0.165. The molecule has 0 atom stereocenters. The van der Waals surface area contributed by atoms with Gasteiger partial charge in [0, 0.05) is 10.8 Å². The molecule has 8 nitrogen and oxygen atoms in total. The number of rotatable bonds is 2. The van der Waals surface area contributed by atoms with E-state index in [1.54, 1.807) is 24.3 Å². The summed E-state index contributed by atoms with van der Waals surface area (Å²) in [5.41, 5.74) is 5.40. The summed E-state index contributed by atoms with van der Waals surface area (Å²) >= 11 is 0. The predicted octanol–water partition coefficient (Wildman–Crippen LogP) is -0.0100. The topological polar surface area (TPSA) is 136 Å². The summed E-state index contributed by atoms with van der Waals surface area (Å²) in [6.45, 7) is 0. The smallest absolute Gasteiger partial charge is 0.283 e. The number of pyridine rings is 2. The average molecular weight is 296 g/mol. The Labute approximate surface area is 124 Å². The van der Waals surface area contributed by atoms with E-state index in [0.717, 1.165) is 10.8 Å². The van der Waals surface area contributed by atoms with Crippen molar-refractivity contribution in [2.45, 2.75) is 0 Å². The first kappa shape index (κ1) is 13.9. The number of nitrogen functional groups attached to an aromatic ring is 2. The van der Waals surface area contributed by atoms with E-state index in [0.29, 0.717) is 11.0 Å². The fourth-order valence-electron chi connectivity index (χ4n) is 2.17. The first-order valence-electron chi connectivity index (χ1n) is 6.36. The first-order valence-corrected chi connectivity index (χ1v) is 6.36. The lowest BCUT2D eigenvalue weighted by Crippen LogP contribution is -2.31. The summed E-state index contributed by atoms with van der Waals surface area (Å²) in [4.78, 5) is 31.8. The second-order valence-electron chi connectivity index (χ2n) is 4.55. The van der Waals surface area contributed by atoms with Gasteiger partial charge in [0.05, 0.1) is 11.0 Å². The predicted molar refractivity (Wildman–Crippen MR) is 80.4 cm³/mol. The third-order valence-electron chi connectivity index (χ3n) is 3.25. The summed E-state index contributed by atoms with van der Waals surface area (Å²) in [7, 11) is 0. The Morgan fingerprint density at radius 2 is 1.09 bits per heavy atom. The number of carbonyl (C=O) groups is 2. The largest absolute Gasteiger partial charge is 0.289 e. The van der Waals surface area contributed by atoms with Crippen molar-refractivity contribution in [3.8, 4) is 0 Å². The maximum absolute atomic E-state index is 11.6. The van der Waals surface area contributed by atoms with Crippen LogP contribution in [0.5, 0.6) is 0 Å². The molecule has 0 saturated heterocycles. The van der Waals surface area contributed by atoms with Gasteiger partial charge < -0.3 is 0 Å². The van der Waals surface area contributed by atoms with Gasteiger partial charge in [-0.3, -0.25) is 20.4 Å². The van der Waals surface area contributed by atoms with Crippen molar-refractivity contribution in [1.29, 1.82) is 0 Å². The Morgan fingerprint density at radius 3 is 1.45 bits per heavy atom. The van der Waals surface area contributed by atoms with Crippen LogP contribution in [-0.2, 0) is 0 Å². The number of hydrogen-bond acceptors (Lipinski definition) is 6. The molecule has 2 aromatic heterocycles. The van der Waals surface area contributed by atoms with Crippen LogP contribution in [0.2, 0.25) is 0 Å². The van der Waals surface area contributed by atoms with E-state index in [9.17, 15) is 9.59 Å². The van der Waals surface area contributed by atoms with Crippen LogP contribution < -0.4 is 22.5 Å². The lowest BCUT2D eigenvalue weighted by Gasteiger charge is -2.06. The van der Waals surface area contributed by atoms with Crippen LogP contribution in [0.4, 0.5) is 0 Å². The molecule has 0 bridgehead atoms. The molecule has 3 rings (SSSR count). The molecule has 0 aliphatic rings. The van der Waals surface area contributed by atoms with Crippen LogP contribution in [-0.4, -0.2) is 21.8 Å². The molecule has 2 amide bonds. The highest BCUT2D eigenvalue weighted by Crippen LogP contribution is 2.23. The summed E-state index contributed by atoms with van der Waals surface area (Å²) in [6, 6.07) is 10.3. The van der Waals surface area contributed by atoms with Gasteiger partial charge in [0.2, 0.25) is 0 Å². The van der Waals surface area contributed by atoms with Crippen LogP contribution in [0.25, 0.3) is 21.8 Å². The van der Waals surface area contributed by atoms with E-state index in [-0.39, 0.29) is 11.4 Å². The number of aromatic nitrogens is 2. The Hall–Kier alpha value is -3.10. The molecule has 2 heterocycles. The number of hydrazine groups is 2. The zero-order valence-electron chi connectivity index (χ0n) is 11.3. The second-order valence-corrected chi connectivity index (χ2v) is 4.55. The highest BCUT2D eigenvalue weighted by atomic mass is 16.2. The van der Waals surface area contributed by atoms with Crippen molar-refractivity contribution in [2.24, 2.45) is 11.7 Å². The number of fused-ring (bicyclic) bond motifs is 3. The molecule has 0 aliphatic carbocycles. The van der Waals surface area contributed by atoms with Gasteiger partial charge in [-0.15, -0.1) is 0 Å². The van der Waals surface area contributed by atoms with Crippen LogP contribution >= 0.6 is 0 Å². The summed E-state index contributed by atoms with van der Waals surface area (Å²) in [5.74, 6) is 9.23. The molecule has 3 aromatic rings. The van der Waals surface area contributed by atoms with Gasteiger partial charge in [-0.25, -0.2) is 21.7 Å². The maximum atomic E-state index is 11.6. The number of nitrogens with two attached hydrogens (primary N) is 2. The number of nitrogens with one attached hydrogen (secondary N) is 2. The van der Waals surface area contributed by atoms with Crippen molar-refractivity contribution in [3.63, 3.8) is 0 Å². The molecular formula is C14H12N6O2. The number of amides is 2. The second kappa shape index (κ2) is 5.35. The van der Waals surface area contributed by atoms with E-state index < -0.39 is 11.8 Å². The highest BCUT2D eigenvalue weighted by Gasteiger charge is 2.12. The zero-order valence-corrected chi connectivity index (χ0v) is 11.3. The number of carbonyl (C=O) groups excluding carboxylic acids is 2. The molecule has 6 N–H and O–H groups in total. The lowest BCUT2D eigenvalue weighted by molar-refractivity contribution is 0.0941. The first-order chi connectivity index (χ1) is 10.6. The van der Waals surface area contributed by atoms with Crippen molar-refractivity contribution in [1.82, 2.24) is 20.8 Å². The molecule has 0 aliphatic heterocycles. The average Bonchev–Trinajstić information content (AvgIpc) is 2.59. The summed E-state index contributed by atoms with van der Waals surface area (Å²) in [6.07, 6.45) is 0. The quantitative estimate of drug-likeness (QED) is 0.227. The molecule has 110 valence electrons. The van der Waals surface area contributed by atoms with Crippen LogP contribution in [0.15, 0.2) is 36.4 Å². The van der Waals surface area contributed by atoms with Crippen LogP contribution in [0.3, 0.4) is 0 Å². The fourth-order valence-corrected chi connectivity index (χ4v) is 2.17. The van der Waals surface area contributed by atoms with E-state index >= 15 is 0 Å². The molecule has 0 spiro atoms. The van der Waals surface area contributed by atoms with E-state index in [2.05, 4.69) is 9.97 Å². The SMILES string of the molecule is NNC(=O)c1ccc2ccc3ccc(C(=O)NN)nc3c2n1. The monoisotopic (exact) mass is 296 g/mol. The molecule has 0 unspecified atom stereocenters. The normalized spacial score (nSPS) is 10.6. The van der Waals surface area contributed by atoms with E-state index in [1.807, 2.05) is 23.0 Å². The minimum atomic E-state index is -0.505. The van der Waals surface area contributed by atoms with Crippen LogP contribution in [0, 0.1) is 0 Å². The number of nitrogens with zero attached hydrogens (tertiary/aromatic N) is 2. The molecule has 8 heteroatoms. The standard InChI is InChI=1S/C14H12N6O2/c15-19-13(21)9-5-3-7-1-2-8-4-6-10(14(22)20-16)18-12(8)11(7)17-9/h1-6H,15-16H2,(H,19,21)(H,20,22).